The largest absolute Gasteiger partial charge is 0.213 e. The summed E-state index contributed by atoms with van der Waals surface area (Å²) in [5.74, 6) is 0. The fourth-order valence-electron chi connectivity index (χ4n) is 4.33. The van der Waals surface area contributed by atoms with E-state index in [1.54, 1.807) is 0 Å². The van der Waals surface area contributed by atoms with Crippen LogP contribution in [0.5, 0.6) is 0 Å². The van der Waals surface area contributed by atoms with Crippen molar-refractivity contribution < 1.29 is 8.42 Å². The lowest BCUT2D eigenvalue weighted by atomic mass is 9.77. The Bertz CT molecular complexity index is 399. The van der Waals surface area contributed by atoms with Gasteiger partial charge in [0.15, 0.2) is 0 Å². The van der Waals surface area contributed by atoms with Crippen molar-refractivity contribution in [2.75, 3.05) is 6.26 Å². The minimum absolute atomic E-state index is 0.155. The van der Waals surface area contributed by atoms with Crippen molar-refractivity contribution in [1.82, 2.24) is 4.72 Å². The molecule has 0 aromatic carbocycles. The minimum Gasteiger partial charge on any atom is -0.213 e. The lowest BCUT2D eigenvalue weighted by molar-refractivity contribution is 0.224. The van der Waals surface area contributed by atoms with Gasteiger partial charge in [-0.1, -0.05) is 27.7 Å². The van der Waals surface area contributed by atoms with Gasteiger partial charge in [0.1, 0.15) is 0 Å². The molecule has 1 N–H and O–H groups in total. The van der Waals surface area contributed by atoms with Crippen LogP contribution in [0, 0.1) is 16.2 Å². The summed E-state index contributed by atoms with van der Waals surface area (Å²) in [4.78, 5) is 0. The van der Waals surface area contributed by atoms with Gasteiger partial charge in [0.25, 0.3) is 0 Å². The lowest BCUT2D eigenvalue weighted by Gasteiger charge is -2.32. The van der Waals surface area contributed by atoms with Crippen LogP contribution in [0.1, 0.15) is 53.4 Å². The van der Waals surface area contributed by atoms with Gasteiger partial charge >= 0.3 is 0 Å². The van der Waals surface area contributed by atoms with Crippen LogP contribution < -0.4 is 4.72 Å². The molecule has 3 nitrogen and oxygen atoms in total. The minimum atomic E-state index is -3.05. The van der Waals surface area contributed by atoms with Crippen LogP contribution in [0.25, 0.3) is 0 Å². The van der Waals surface area contributed by atoms with Gasteiger partial charge in [0.05, 0.1) is 6.26 Å². The first-order valence-electron chi connectivity index (χ1n) is 6.51. The zero-order valence-electron chi connectivity index (χ0n) is 11.6. The number of nitrogens with one attached hydrogen (secondary N) is 1. The fraction of sp³-hybridized carbons (Fsp3) is 1.00. The molecule has 4 heteroatoms. The quantitative estimate of drug-likeness (QED) is 0.828. The molecule has 0 aromatic heterocycles. The first-order chi connectivity index (χ1) is 7.54. The number of rotatable bonds is 2. The van der Waals surface area contributed by atoms with E-state index < -0.39 is 10.0 Å². The molecule has 0 aromatic rings. The van der Waals surface area contributed by atoms with Crippen molar-refractivity contribution in [1.29, 1.82) is 0 Å². The van der Waals surface area contributed by atoms with E-state index >= 15 is 0 Å². The van der Waals surface area contributed by atoms with Crippen molar-refractivity contribution in [2.45, 2.75) is 59.4 Å². The van der Waals surface area contributed by atoms with Crippen molar-refractivity contribution in [3.63, 3.8) is 0 Å². The Morgan fingerprint density at radius 1 is 1.00 bits per heavy atom. The van der Waals surface area contributed by atoms with E-state index in [1.165, 1.54) is 6.26 Å². The van der Waals surface area contributed by atoms with Gasteiger partial charge in [-0.15, -0.1) is 0 Å². The fourth-order valence-corrected chi connectivity index (χ4v) is 5.17. The molecule has 0 unspecified atom stereocenters. The molecule has 0 radical (unpaired) electrons. The molecular weight excluding hydrogens is 234 g/mol. The topological polar surface area (TPSA) is 46.2 Å². The van der Waals surface area contributed by atoms with Crippen LogP contribution in [-0.4, -0.2) is 20.7 Å². The van der Waals surface area contributed by atoms with E-state index in [2.05, 4.69) is 32.4 Å². The van der Waals surface area contributed by atoms with Crippen LogP contribution in [0.2, 0.25) is 0 Å². The highest BCUT2D eigenvalue weighted by atomic mass is 32.2. The predicted molar refractivity (Wildman–Crippen MR) is 70.2 cm³/mol. The molecule has 0 saturated heterocycles. The van der Waals surface area contributed by atoms with Crippen molar-refractivity contribution >= 4 is 10.0 Å². The summed E-state index contributed by atoms with van der Waals surface area (Å²) >= 11 is 0. The maximum Gasteiger partial charge on any atom is 0.208 e. The normalized spacial score (nSPS) is 30.4. The van der Waals surface area contributed by atoms with Gasteiger partial charge < -0.3 is 0 Å². The molecule has 0 amide bonds. The first kappa shape index (κ1) is 13.3. The molecule has 2 aliphatic carbocycles. The summed E-state index contributed by atoms with van der Waals surface area (Å²) in [6, 6.07) is 0.155. The van der Waals surface area contributed by atoms with Crippen LogP contribution >= 0.6 is 0 Å². The molecule has 1 spiro atoms. The van der Waals surface area contributed by atoms with E-state index in [-0.39, 0.29) is 6.04 Å². The Morgan fingerprint density at radius 2 is 1.41 bits per heavy atom. The number of sulfonamides is 1. The van der Waals surface area contributed by atoms with Gasteiger partial charge in [0.2, 0.25) is 10.0 Å². The molecule has 100 valence electrons. The van der Waals surface area contributed by atoms with E-state index in [0.717, 1.165) is 25.7 Å². The average molecular weight is 259 g/mol. The molecule has 0 bridgehead atoms. The molecule has 0 aliphatic heterocycles. The standard InChI is InChI=1S/C13H25NO2S/c1-11(2)12(3,4)13(11)8-6-10(7-9-13)14-17(5,15)16/h10,14H,6-9H2,1-5H3. The Kier molecular flexibility index (Phi) is 2.73. The smallest absolute Gasteiger partial charge is 0.208 e. The second-order valence-electron chi connectivity index (χ2n) is 7.00. The maximum absolute atomic E-state index is 11.2. The van der Waals surface area contributed by atoms with Crippen molar-refractivity contribution in [2.24, 2.45) is 16.2 Å². The lowest BCUT2D eigenvalue weighted by Crippen LogP contribution is -2.38. The van der Waals surface area contributed by atoms with Gasteiger partial charge in [-0.3, -0.25) is 0 Å². The van der Waals surface area contributed by atoms with E-state index in [4.69, 9.17) is 0 Å². The molecule has 2 fully saturated rings. The summed E-state index contributed by atoms with van der Waals surface area (Å²) in [5.41, 5.74) is 1.24. The Hall–Kier alpha value is -0.0900. The average Bonchev–Trinajstić information content (AvgIpc) is 2.46. The van der Waals surface area contributed by atoms with E-state index in [0.29, 0.717) is 16.2 Å². The number of hydrogen-bond donors (Lipinski definition) is 1. The highest BCUT2D eigenvalue weighted by molar-refractivity contribution is 7.88. The second kappa shape index (κ2) is 3.47. The Labute approximate surface area is 105 Å². The molecule has 2 saturated carbocycles. The van der Waals surface area contributed by atoms with Crippen LogP contribution in [-0.2, 0) is 10.0 Å². The third-order valence-corrected chi connectivity index (χ3v) is 6.87. The SMILES string of the molecule is CC1(C)C(C)(C)C12CCC(NS(C)(=O)=O)CC2. The summed E-state index contributed by atoms with van der Waals surface area (Å²) in [5, 5.41) is 0. The van der Waals surface area contributed by atoms with Crippen molar-refractivity contribution in [3.8, 4) is 0 Å². The first-order valence-corrected chi connectivity index (χ1v) is 8.40. The molecule has 17 heavy (non-hydrogen) atoms. The van der Waals surface area contributed by atoms with E-state index in [1.807, 2.05) is 0 Å². The van der Waals surface area contributed by atoms with Gasteiger partial charge in [-0.2, -0.15) is 0 Å². The van der Waals surface area contributed by atoms with Crippen LogP contribution in [0.4, 0.5) is 0 Å². The van der Waals surface area contributed by atoms with Gasteiger partial charge in [0, 0.05) is 6.04 Å². The number of hydrogen-bond acceptors (Lipinski definition) is 2. The van der Waals surface area contributed by atoms with Gasteiger partial charge in [-0.05, 0) is 41.9 Å². The molecule has 0 atom stereocenters. The Morgan fingerprint density at radius 3 is 1.71 bits per heavy atom. The van der Waals surface area contributed by atoms with Crippen molar-refractivity contribution in [3.05, 3.63) is 0 Å². The molecule has 0 heterocycles. The summed E-state index contributed by atoms with van der Waals surface area (Å²) in [6.07, 6.45) is 5.53. The summed E-state index contributed by atoms with van der Waals surface area (Å²) < 4.78 is 25.2. The Balaban J connectivity index is 2.01. The van der Waals surface area contributed by atoms with E-state index in [9.17, 15) is 8.42 Å². The maximum atomic E-state index is 11.2. The zero-order chi connectivity index (χ0) is 13.1. The predicted octanol–water partition coefficient (Wildman–Crippen LogP) is 2.53. The summed E-state index contributed by atoms with van der Waals surface area (Å²) in [7, 11) is -3.05. The van der Waals surface area contributed by atoms with Crippen LogP contribution in [0.3, 0.4) is 0 Å². The second-order valence-corrected chi connectivity index (χ2v) is 8.78. The monoisotopic (exact) mass is 259 g/mol. The summed E-state index contributed by atoms with van der Waals surface area (Å²) in [6.45, 7) is 9.43. The molecule has 2 rings (SSSR count). The van der Waals surface area contributed by atoms with Crippen LogP contribution in [0.15, 0.2) is 0 Å². The zero-order valence-corrected chi connectivity index (χ0v) is 12.4. The molecule has 2 aliphatic rings. The third kappa shape index (κ3) is 1.75. The van der Waals surface area contributed by atoms with Gasteiger partial charge in [-0.25, -0.2) is 13.1 Å². The highest BCUT2D eigenvalue weighted by Crippen LogP contribution is 2.82. The molecular formula is C13H25NO2S. The third-order valence-electron chi connectivity index (χ3n) is 6.11. The highest BCUT2D eigenvalue weighted by Gasteiger charge is 2.75.